The summed E-state index contributed by atoms with van der Waals surface area (Å²) in [5, 5.41) is 8.81. The fourth-order valence-electron chi connectivity index (χ4n) is 2.90. The monoisotopic (exact) mass is 352 g/mol. The molecule has 0 bridgehead atoms. The van der Waals surface area contributed by atoms with Gasteiger partial charge < -0.3 is 15.4 Å². The van der Waals surface area contributed by atoms with Gasteiger partial charge in [0, 0.05) is 37.7 Å². The minimum absolute atomic E-state index is 0.701. The Labute approximate surface area is 150 Å². The third-order valence-corrected chi connectivity index (χ3v) is 5.12. The molecule has 136 valence electrons. The molecule has 0 aromatic carbocycles. The quantitative estimate of drug-likeness (QED) is 0.407. The molecule has 1 saturated heterocycles. The SMILES string of the molecule is CCNC(=NCC1CCN(Cc2cccs2)CC1)NCCOCC. The molecular formula is C18H32N4OS. The second kappa shape index (κ2) is 11.4. The van der Waals surface area contributed by atoms with Crippen molar-refractivity contribution in [2.24, 2.45) is 10.9 Å². The smallest absolute Gasteiger partial charge is 0.191 e. The molecule has 0 unspecified atom stereocenters. The molecule has 0 saturated carbocycles. The standard InChI is InChI=1S/C18H32N4OS/c1-3-19-18(20-9-12-23-4-2)21-14-16-7-10-22(11-8-16)15-17-6-5-13-24-17/h5-6,13,16H,3-4,7-12,14-15H2,1-2H3,(H2,19,20,21). The van der Waals surface area contributed by atoms with Crippen molar-refractivity contribution in [1.82, 2.24) is 15.5 Å². The van der Waals surface area contributed by atoms with Crippen molar-refractivity contribution in [2.45, 2.75) is 33.2 Å². The van der Waals surface area contributed by atoms with Crippen LogP contribution in [0, 0.1) is 5.92 Å². The van der Waals surface area contributed by atoms with Gasteiger partial charge in [0.1, 0.15) is 0 Å². The lowest BCUT2D eigenvalue weighted by Gasteiger charge is -2.31. The van der Waals surface area contributed by atoms with Crippen molar-refractivity contribution in [2.75, 3.05) is 45.9 Å². The minimum Gasteiger partial charge on any atom is -0.380 e. The molecule has 1 fully saturated rings. The second-order valence-corrected chi connectivity index (χ2v) is 7.17. The Hall–Kier alpha value is -1.11. The predicted octanol–water partition coefficient (Wildman–Crippen LogP) is 2.55. The molecule has 1 aromatic heterocycles. The highest BCUT2D eigenvalue weighted by atomic mass is 32.1. The molecule has 1 aliphatic rings. The van der Waals surface area contributed by atoms with Gasteiger partial charge in [-0.05, 0) is 57.1 Å². The molecule has 2 N–H and O–H groups in total. The number of thiophene rings is 1. The third kappa shape index (κ3) is 7.20. The Morgan fingerprint density at radius 3 is 2.83 bits per heavy atom. The fourth-order valence-corrected chi connectivity index (χ4v) is 3.64. The summed E-state index contributed by atoms with van der Waals surface area (Å²) in [5.41, 5.74) is 0. The van der Waals surface area contributed by atoms with E-state index in [2.05, 4.69) is 40.0 Å². The molecule has 0 amide bonds. The molecule has 0 radical (unpaired) electrons. The third-order valence-electron chi connectivity index (χ3n) is 4.26. The Morgan fingerprint density at radius 2 is 2.17 bits per heavy atom. The van der Waals surface area contributed by atoms with Gasteiger partial charge in [-0.15, -0.1) is 11.3 Å². The number of likely N-dealkylation sites (tertiary alicyclic amines) is 1. The first-order valence-electron chi connectivity index (χ1n) is 9.16. The van der Waals surface area contributed by atoms with E-state index in [1.165, 1.54) is 30.8 Å². The van der Waals surface area contributed by atoms with Gasteiger partial charge in [-0.25, -0.2) is 0 Å². The van der Waals surface area contributed by atoms with E-state index in [9.17, 15) is 0 Å². The molecule has 6 heteroatoms. The maximum absolute atomic E-state index is 5.36. The number of nitrogens with zero attached hydrogens (tertiary/aromatic N) is 2. The van der Waals surface area contributed by atoms with Crippen LogP contribution in [0.25, 0.3) is 0 Å². The first-order chi connectivity index (χ1) is 11.8. The first kappa shape index (κ1) is 19.2. The van der Waals surface area contributed by atoms with Crippen molar-refractivity contribution >= 4 is 17.3 Å². The molecule has 0 aliphatic carbocycles. The zero-order valence-electron chi connectivity index (χ0n) is 15.1. The minimum atomic E-state index is 0.701. The Morgan fingerprint density at radius 1 is 1.33 bits per heavy atom. The number of aliphatic imine (C=N–C) groups is 1. The summed E-state index contributed by atoms with van der Waals surface area (Å²) in [6.07, 6.45) is 2.49. The number of hydrogen-bond acceptors (Lipinski definition) is 4. The van der Waals surface area contributed by atoms with Crippen molar-refractivity contribution in [3.05, 3.63) is 22.4 Å². The maximum Gasteiger partial charge on any atom is 0.191 e. The van der Waals surface area contributed by atoms with Crippen molar-refractivity contribution < 1.29 is 4.74 Å². The average molecular weight is 353 g/mol. The molecule has 2 heterocycles. The number of hydrogen-bond donors (Lipinski definition) is 2. The molecule has 0 atom stereocenters. The molecule has 1 aromatic rings. The van der Waals surface area contributed by atoms with E-state index in [0.717, 1.165) is 45.4 Å². The van der Waals surface area contributed by atoms with Crippen LogP contribution in [0.1, 0.15) is 31.6 Å². The van der Waals surface area contributed by atoms with Gasteiger partial charge in [-0.2, -0.15) is 0 Å². The van der Waals surface area contributed by atoms with Gasteiger partial charge in [0.05, 0.1) is 6.61 Å². The predicted molar refractivity (Wildman–Crippen MR) is 103 cm³/mol. The second-order valence-electron chi connectivity index (χ2n) is 6.14. The summed E-state index contributed by atoms with van der Waals surface area (Å²) in [7, 11) is 0. The largest absolute Gasteiger partial charge is 0.380 e. The van der Waals surface area contributed by atoms with Crippen LogP contribution in [-0.4, -0.2) is 56.8 Å². The highest BCUT2D eigenvalue weighted by Gasteiger charge is 2.19. The van der Waals surface area contributed by atoms with Crippen LogP contribution in [0.2, 0.25) is 0 Å². The number of nitrogens with one attached hydrogen (secondary N) is 2. The number of rotatable bonds is 9. The Balaban J connectivity index is 1.68. The summed E-state index contributed by atoms with van der Waals surface area (Å²) < 4.78 is 5.36. The van der Waals surface area contributed by atoms with E-state index in [-0.39, 0.29) is 0 Å². The van der Waals surface area contributed by atoms with E-state index in [0.29, 0.717) is 5.92 Å². The molecular weight excluding hydrogens is 320 g/mol. The Kier molecular flexibility index (Phi) is 9.16. The van der Waals surface area contributed by atoms with Crippen LogP contribution >= 0.6 is 11.3 Å². The normalized spacial score (nSPS) is 17.2. The van der Waals surface area contributed by atoms with Crippen molar-refractivity contribution in [3.8, 4) is 0 Å². The van der Waals surface area contributed by atoms with Gasteiger partial charge in [-0.3, -0.25) is 9.89 Å². The first-order valence-corrected chi connectivity index (χ1v) is 10.0. The van der Waals surface area contributed by atoms with Crippen LogP contribution in [0.15, 0.2) is 22.5 Å². The average Bonchev–Trinajstić information content (AvgIpc) is 3.11. The zero-order valence-corrected chi connectivity index (χ0v) is 15.9. The van der Waals surface area contributed by atoms with Crippen LogP contribution < -0.4 is 10.6 Å². The van der Waals surface area contributed by atoms with E-state index < -0.39 is 0 Å². The summed E-state index contributed by atoms with van der Waals surface area (Å²) >= 11 is 1.86. The maximum atomic E-state index is 5.36. The molecule has 24 heavy (non-hydrogen) atoms. The van der Waals surface area contributed by atoms with Crippen LogP contribution in [0.3, 0.4) is 0 Å². The van der Waals surface area contributed by atoms with Gasteiger partial charge in [0.15, 0.2) is 5.96 Å². The van der Waals surface area contributed by atoms with Crippen molar-refractivity contribution in [3.63, 3.8) is 0 Å². The van der Waals surface area contributed by atoms with Gasteiger partial charge in [0.25, 0.3) is 0 Å². The van der Waals surface area contributed by atoms with Gasteiger partial charge >= 0.3 is 0 Å². The Bertz CT molecular complexity index is 456. The number of ether oxygens (including phenoxy) is 1. The lowest BCUT2D eigenvalue weighted by Crippen LogP contribution is -2.40. The molecule has 1 aliphatic heterocycles. The van der Waals surface area contributed by atoms with E-state index in [1.54, 1.807) is 0 Å². The number of guanidine groups is 1. The highest BCUT2D eigenvalue weighted by molar-refractivity contribution is 7.09. The summed E-state index contributed by atoms with van der Waals surface area (Å²) in [4.78, 5) is 8.80. The summed E-state index contributed by atoms with van der Waals surface area (Å²) in [6.45, 7) is 11.7. The lowest BCUT2D eigenvalue weighted by molar-refractivity contribution is 0.152. The molecule has 2 rings (SSSR count). The molecule has 5 nitrogen and oxygen atoms in total. The molecule has 0 spiro atoms. The fraction of sp³-hybridized carbons (Fsp3) is 0.722. The highest BCUT2D eigenvalue weighted by Crippen LogP contribution is 2.20. The van der Waals surface area contributed by atoms with Crippen LogP contribution in [-0.2, 0) is 11.3 Å². The summed E-state index contributed by atoms with van der Waals surface area (Å²) in [6, 6.07) is 4.37. The van der Waals surface area contributed by atoms with Crippen LogP contribution in [0.5, 0.6) is 0 Å². The van der Waals surface area contributed by atoms with Crippen LogP contribution in [0.4, 0.5) is 0 Å². The summed E-state index contributed by atoms with van der Waals surface area (Å²) in [5.74, 6) is 1.62. The van der Waals surface area contributed by atoms with Gasteiger partial charge in [-0.1, -0.05) is 6.07 Å². The van der Waals surface area contributed by atoms with Gasteiger partial charge in [0.2, 0.25) is 0 Å². The number of piperidine rings is 1. The lowest BCUT2D eigenvalue weighted by atomic mass is 9.97. The zero-order chi connectivity index (χ0) is 17.0. The van der Waals surface area contributed by atoms with E-state index in [4.69, 9.17) is 9.73 Å². The topological polar surface area (TPSA) is 48.9 Å². The van der Waals surface area contributed by atoms with E-state index in [1.807, 2.05) is 18.3 Å². The van der Waals surface area contributed by atoms with Crippen molar-refractivity contribution in [1.29, 1.82) is 0 Å². The van der Waals surface area contributed by atoms with E-state index >= 15 is 0 Å².